The number of nitrogens with zero attached hydrogens (tertiary/aromatic N) is 3. The van der Waals surface area contributed by atoms with E-state index >= 15 is 0 Å². The van der Waals surface area contributed by atoms with Gasteiger partial charge in [-0.05, 0) is 60.7 Å². The number of likely N-dealkylation sites (tertiary alicyclic amines) is 1. The van der Waals surface area contributed by atoms with Crippen molar-refractivity contribution in [3.8, 4) is 28.4 Å². The second-order valence-corrected chi connectivity index (χ2v) is 9.95. The van der Waals surface area contributed by atoms with Crippen LogP contribution in [-0.4, -0.2) is 60.1 Å². The lowest BCUT2D eigenvalue weighted by Crippen LogP contribution is -2.40. The zero-order valence-corrected chi connectivity index (χ0v) is 21.1. The van der Waals surface area contributed by atoms with Crippen molar-refractivity contribution in [2.75, 3.05) is 39.3 Å². The zero-order valence-electron chi connectivity index (χ0n) is 20.3. The average Bonchev–Trinajstić information content (AvgIpc) is 3.39. The van der Waals surface area contributed by atoms with Crippen LogP contribution < -0.4 is 19.5 Å². The van der Waals surface area contributed by atoms with Gasteiger partial charge in [-0.1, -0.05) is 30.0 Å². The molecule has 188 valence electrons. The van der Waals surface area contributed by atoms with E-state index in [0.717, 1.165) is 60.9 Å². The number of carbonyl (C=O) groups excluding carboxylic acids is 1. The molecular formula is C27H30N4O4S. The fraction of sp³-hybridized carbons (Fsp3) is 0.370. The minimum absolute atomic E-state index is 0.00993. The molecule has 0 spiro atoms. The molecule has 0 aliphatic carbocycles. The monoisotopic (exact) mass is 506 g/mol. The summed E-state index contributed by atoms with van der Waals surface area (Å²) in [6.07, 6.45) is 5.83. The first-order chi connectivity index (χ1) is 17.7. The van der Waals surface area contributed by atoms with Gasteiger partial charge in [0.25, 0.3) is 0 Å². The van der Waals surface area contributed by atoms with E-state index in [2.05, 4.69) is 32.3 Å². The Morgan fingerprint density at radius 3 is 2.72 bits per heavy atom. The van der Waals surface area contributed by atoms with Crippen LogP contribution in [0.25, 0.3) is 11.1 Å². The number of aromatic nitrogens is 2. The number of amides is 1. The molecule has 0 radical (unpaired) electrons. The number of ether oxygens (including phenoxy) is 3. The molecule has 0 bridgehead atoms. The van der Waals surface area contributed by atoms with Gasteiger partial charge in [0.2, 0.25) is 12.7 Å². The molecule has 2 aliphatic heterocycles. The maximum atomic E-state index is 12.5. The van der Waals surface area contributed by atoms with Crippen molar-refractivity contribution in [1.29, 1.82) is 0 Å². The summed E-state index contributed by atoms with van der Waals surface area (Å²) in [5.41, 5.74) is 3.16. The van der Waals surface area contributed by atoms with Gasteiger partial charge in [-0.3, -0.25) is 9.69 Å². The van der Waals surface area contributed by atoms with Crippen molar-refractivity contribution in [3.63, 3.8) is 0 Å². The molecule has 1 aromatic heterocycles. The van der Waals surface area contributed by atoms with Crippen molar-refractivity contribution >= 4 is 17.7 Å². The summed E-state index contributed by atoms with van der Waals surface area (Å²) in [6, 6.07) is 13.9. The minimum Gasteiger partial charge on any atom is -0.497 e. The molecule has 8 nitrogen and oxygen atoms in total. The molecule has 1 atom stereocenters. The topological polar surface area (TPSA) is 85.8 Å². The minimum atomic E-state index is 0.00993. The highest BCUT2D eigenvalue weighted by Crippen LogP contribution is 2.33. The molecule has 0 saturated carbocycles. The molecule has 2 aliphatic rings. The first kappa shape index (κ1) is 24.4. The summed E-state index contributed by atoms with van der Waals surface area (Å²) in [7, 11) is 1.65. The maximum absolute atomic E-state index is 12.5. The van der Waals surface area contributed by atoms with Gasteiger partial charge in [-0.2, -0.15) is 0 Å². The van der Waals surface area contributed by atoms with Crippen LogP contribution in [0.1, 0.15) is 18.4 Å². The molecule has 9 heteroatoms. The van der Waals surface area contributed by atoms with Gasteiger partial charge in [-0.15, -0.1) is 0 Å². The van der Waals surface area contributed by atoms with Crippen molar-refractivity contribution in [3.05, 3.63) is 60.4 Å². The SMILES string of the molecule is COc1ccc(-c2cnc(SCC(=O)NCC3CCCN(Cc4ccc5c(c4)OCO5)C3)nc2)cc1. The van der Waals surface area contributed by atoms with Gasteiger partial charge in [0.05, 0.1) is 12.9 Å². The first-order valence-corrected chi connectivity index (χ1v) is 13.1. The van der Waals surface area contributed by atoms with Crippen molar-refractivity contribution in [2.45, 2.75) is 24.5 Å². The summed E-state index contributed by atoms with van der Waals surface area (Å²) in [6.45, 7) is 3.90. The summed E-state index contributed by atoms with van der Waals surface area (Å²) in [5.74, 6) is 3.20. The molecule has 3 heterocycles. The highest BCUT2D eigenvalue weighted by molar-refractivity contribution is 7.99. The highest BCUT2D eigenvalue weighted by Gasteiger charge is 2.22. The predicted octanol–water partition coefficient (Wildman–Crippen LogP) is 4.00. The quantitative estimate of drug-likeness (QED) is 0.344. The summed E-state index contributed by atoms with van der Waals surface area (Å²) in [4.78, 5) is 23.7. The van der Waals surface area contributed by atoms with E-state index in [-0.39, 0.29) is 5.91 Å². The van der Waals surface area contributed by atoms with E-state index in [0.29, 0.717) is 30.2 Å². The number of hydrogen-bond acceptors (Lipinski definition) is 8. The molecule has 1 saturated heterocycles. The van der Waals surface area contributed by atoms with E-state index in [4.69, 9.17) is 14.2 Å². The number of carbonyl (C=O) groups is 1. The standard InChI is InChI=1S/C27H30N4O4S/c1-33-23-7-5-21(6-8-23)22-13-29-27(30-14-22)36-17-26(32)28-12-20-3-2-10-31(16-20)15-19-4-9-24-25(11-19)35-18-34-24/h4-9,11,13-14,20H,2-3,10,12,15-18H2,1H3,(H,28,32). The second kappa shape index (κ2) is 11.6. The summed E-state index contributed by atoms with van der Waals surface area (Å²) in [5, 5.41) is 3.69. The summed E-state index contributed by atoms with van der Waals surface area (Å²) >= 11 is 1.35. The smallest absolute Gasteiger partial charge is 0.231 e. The number of benzene rings is 2. The van der Waals surface area contributed by atoms with Crippen molar-refractivity contribution in [1.82, 2.24) is 20.2 Å². The van der Waals surface area contributed by atoms with Crippen molar-refractivity contribution in [2.24, 2.45) is 5.92 Å². The van der Waals surface area contributed by atoms with Crippen LogP contribution in [0, 0.1) is 5.92 Å². The number of rotatable bonds is 9. The van der Waals surface area contributed by atoms with Gasteiger partial charge in [0.15, 0.2) is 16.7 Å². The van der Waals surface area contributed by atoms with Gasteiger partial charge in [0.1, 0.15) is 5.75 Å². The first-order valence-electron chi connectivity index (χ1n) is 12.1. The molecule has 2 aromatic carbocycles. The van der Waals surface area contributed by atoms with Gasteiger partial charge in [0, 0.05) is 37.6 Å². The number of fused-ring (bicyclic) bond motifs is 1. The van der Waals surface area contributed by atoms with E-state index in [9.17, 15) is 4.79 Å². The Bertz CT molecular complexity index is 1170. The molecule has 1 amide bonds. The molecule has 3 aromatic rings. The fourth-order valence-electron chi connectivity index (χ4n) is 4.52. The normalized spacial score (nSPS) is 17.1. The van der Waals surface area contributed by atoms with Gasteiger partial charge in [-0.25, -0.2) is 9.97 Å². The molecule has 1 unspecified atom stereocenters. The fourth-order valence-corrected chi connectivity index (χ4v) is 5.14. The van der Waals surface area contributed by atoms with E-state index in [1.807, 2.05) is 30.3 Å². The summed E-state index contributed by atoms with van der Waals surface area (Å²) < 4.78 is 16.1. The van der Waals surface area contributed by atoms with Crippen LogP contribution >= 0.6 is 11.8 Å². The Balaban J connectivity index is 1.04. The lowest BCUT2D eigenvalue weighted by molar-refractivity contribution is -0.118. The molecule has 1 N–H and O–H groups in total. The van der Waals surface area contributed by atoms with Gasteiger partial charge >= 0.3 is 0 Å². The number of piperidine rings is 1. The second-order valence-electron chi connectivity index (χ2n) is 9.01. The third-order valence-corrected chi connectivity index (χ3v) is 7.29. The third kappa shape index (κ3) is 6.27. The van der Waals surface area contributed by atoms with Crippen molar-refractivity contribution < 1.29 is 19.0 Å². The number of hydrogen-bond donors (Lipinski definition) is 1. The molecular weight excluding hydrogens is 476 g/mol. The predicted molar refractivity (Wildman–Crippen MR) is 138 cm³/mol. The van der Waals surface area contributed by atoms with Crippen LogP contribution in [0.2, 0.25) is 0 Å². The highest BCUT2D eigenvalue weighted by atomic mass is 32.2. The van der Waals surface area contributed by atoms with Crippen LogP contribution in [0.15, 0.2) is 60.0 Å². The Morgan fingerprint density at radius 1 is 1.11 bits per heavy atom. The molecule has 5 rings (SSSR count). The Labute approximate surface area is 215 Å². The van der Waals surface area contributed by atoms with Gasteiger partial charge < -0.3 is 19.5 Å². The van der Waals surface area contributed by atoms with Crippen LogP contribution in [0.4, 0.5) is 0 Å². The molecule has 36 heavy (non-hydrogen) atoms. The Hall–Kier alpha value is -3.30. The number of methoxy groups -OCH3 is 1. The zero-order chi connectivity index (χ0) is 24.7. The van der Waals surface area contributed by atoms with E-state index in [1.165, 1.54) is 17.3 Å². The van der Waals surface area contributed by atoms with E-state index < -0.39 is 0 Å². The number of nitrogens with one attached hydrogen (secondary N) is 1. The lowest BCUT2D eigenvalue weighted by atomic mass is 9.97. The van der Waals surface area contributed by atoms with E-state index in [1.54, 1.807) is 19.5 Å². The third-order valence-electron chi connectivity index (χ3n) is 6.42. The average molecular weight is 507 g/mol. The Morgan fingerprint density at radius 2 is 1.92 bits per heavy atom. The largest absolute Gasteiger partial charge is 0.497 e. The van der Waals surface area contributed by atoms with Crippen LogP contribution in [-0.2, 0) is 11.3 Å². The van der Waals surface area contributed by atoms with Crippen LogP contribution in [0.5, 0.6) is 17.2 Å². The molecule has 1 fully saturated rings. The maximum Gasteiger partial charge on any atom is 0.231 e. The van der Waals surface area contributed by atoms with Crippen LogP contribution in [0.3, 0.4) is 0 Å². The Kier molecular flexibility index (Phi) is 7.88. The lowest BCUT2D eigenvalue weighted by Gasteiger charge is -2.32. The number of thioether (sulfide) groups is 1.